The number of anilines is 1. The molecule has 7 heteroatoms. The van der Waals surface area contributed by atoms with E-state index in [2.05, 4.69) is 4.90 Å². The van der Waals surface area contributed by atoms with Gasteiger partial charge in [-0.2, -0.15) is 0 Å². The third-order valence-electron chi connectivity index (χ3n) is 6.71. The second-order valence-electron chi connectivity index (χ2n) is 8.69. The fourth-order valence-corrected chi connectivity index (χ4v) is 4.70. The van der Waals surface area contributed by atoms with Gasteiger partial charge in [0.2, 0.25) is 5.95 Å². The fourth-order valence-electron chi connectivity index (χ4n) is 4.70. The molecule has 164 valence electrons. The number of nitrogens with zero attached hydrogens (tertiary/aromatic N) is 4. The maximum absolute atomic E-state index is 13.6. The van der Waals surface area contributed by atoms with Crippen LogP contribution >= 0.6 is 0 Å². The molecule has 1 aromatic carbocycles. The second kappa shape index (κ2) is 8.36. The molecule has 1 aromatic heterocycles. The molecule has 1 fully saturated rings. The summed E-state index contributed by atoms with van der Waals surface area (Å²) in [6.07, 6.45) is 6.33. The lowest BCUT2D eigenvalue weighted by Crippen LogP contribution is -2.33. The molecule has 0 saturated carbocycles. The van der Waals surface area contributed by atoms with Crippen LogP contribution in [0.4, 0.5) is 5.95 Å². The molecular formula is C24H30N4O3. The highest BCUT2D eigenvalue weighted by atomic mass is 16.6. The summed E-state index contributed by atoms with van der Waals surface area (Å²) in [4.78, 5) is 27.3. The highest BCUT2D eigenvalue weighted by molar-refractivity contribution is 5.94. The largest absolute Gasteiger partial charge is 0.486 e. The van der Waals surface area contributed by atoms with Crippen LogP contribution in [-0.4, -0.2) is 54.1 Å². The normalized spacial score (nSPS) is 18.5. The lowest BCUT2D eigenvalue weighted by atomic mass is 9.94. The summed E-state index contributed by atoms with van der Waals surface area (Å²) in [7, 11) is 1.86. The number of benzene rings is 1. The summed E-state index contributed by atoms with van der Waals surface area (Å²) >= 11 is 0. The first-order chi connectivity index (χ1) is 15.1. The molecule has 1 unspecified atom stereocenters. The Morgan fingerprint density at radius 1 is 1.03 bits per heavy atom. The van der Waals surface area contributed by atoms with Gasteiger partial charge in [0.05, 0.1) is 6.04 Å². The maximum Gasteiger partial charge on any atom is 0.273 e. The van der Waals surface area contributed by atoms with Gasteiger partial charge in [-0.25, -0.2) is 9.97 Å². The smallest absolute Gasteiger partial charge is 0.273 e. The number of ether oxygens (including phenoxy) is 2. The van der Waals surface area contributed by atoms with E-state index >= 15 is 0 Å². The van der Waals surface area contributed by atoms with E-state index in [9.17, 15) is 4.79 Å². The standard InChI is InChI=1S/C24H30N4O3/c1-16(17-9-10-20-21(15-17)31-14-13-30-20)27(2)23(29)22-18-7-3-4-8-19(18)25-24(26-22)28-11-5-6-12-28/h9-10,15-16H,3-8,11-14H2,1-2H3. The van der Waals surface area contributed by atoms with Gasteiger partial charge < -0.3 is 19.3 Å². The summed E-state index contributed by atoms with van der Waals surface area (Å²) in [5.74, 6) is 2.19. The van der Waals surface area contributed by atoms with E-state index in [0.717, 1.165) is 85.9 Å². The van der Waals surface area contributed by atoms with Crippen LogP contribution in [0.2, 0.25) is 0 Å². The van der Waals surface area contributed by atoms with Gasteiger partial charge in [0.25, 0.3) is 5.91 Å². The third kappa shape index (κ3) is 3.82. The summed E-state index contributed by atoms with van der Waals surface area (Å²) < 4.78 is 11.4. The number of rotatable bonds is 4. The van der Waals surface area contributed by atoms with Crippen molar-refractivity contribution in [3.05, 3.63) is 40.7 Å². The molecular weight excluding hydrogens is 392 g/mol. The lowest BCUT2D eigenvalue weighted by molar-refractivity contribution is 0.0734. The van der Waals surface area contributed by atoms with Crippen molar-refractivity contribution >= 4 is 11.9 Å². The Labute approximate surface area is 183 Å². The molecule has 3 heterocycles. The molecule has 0 bridgehead atoms. The highest BCUT2D eigenvalue weighted by Crippen LogP contribution is 2.34. The Bertz CT molecular complexity index is 987. The molecule has 0 N–H and O–H groups in total. The molecule has 1 saturated heterocycles. The number of aryl methyl sites for hydroxylation is 1. The third-order valence-corrected chi connectivity index (χ3v) is 6.71. The van der Waals surface area contributed by atoms with Crippen molar-refractivity contribution in [3.63, 3.8) is 0 Å². The highest BCUT2D eigenvalue weighted by Gasteiger charge is 2.29. The predicted molar refractivity (Wildman–Crippen MR) is 118 cm³/mol. The van der Waals surface area contributed by atoms with Crippen LogP contribution in [0.15, 0.2) is 18.2 Å². The fraction of sp³-hybridized carbons (Fsp3) is 0.542. The molecule has 0 radical (unpaired) electrons. The minimum absolute atomic E-state index is 0.0385. The van der Waals surface area contributed by atoms with Gasteiger partial charge in [0.1, 0.15) is 18.9 Å². The molecule has 5 rings (SSSR count). The summed E-state index contributed by atoms with van der Waals surface area (Å²) in [5, 5.41) is 0. The first kappa shape index (κ1) is 20.1. The number of carbonyl (C=O) groups excluding carboxylic acids is 1. The topological polar surface area (TPSA) is 67.8 Å². The first-order valence-corrected chi connectivity index (χ1v) is 11.4. The van der Waals surface area contributed by atoms with Gasteiger partial charge in [0, 0.05) is 31.4 Å². The SMILES string of the molecule is CC(c1ccc2c(c1)OCCO2)N(C)C(=O)c1nc(N2CCCC2)nc2c1CCCC2. The Kier molecular flexibility index (Phi) is 5.42. The Hall–Kier alpha value is -2.83. The number of hydrogen-bond acceptors (Lipinski definition) is 6. The van der Waals surface area contributed by atoms with Crippen LogP contribution in [0, 0.1) is 0 Å². The van der Waals surface area contributed by atoms with Crippen molar-refractivity contribution in [2.75, 3.05) is 38.3 Å². The molecule has 31 heavy (non-hydrogen) atoms. The zero-order valence-corrected chi connectivity index (χ0v) is 18.4. The molecule has 7 nitrogen and oxygen atoms in total. The predicted octanol–water partition coefficient (Wildman–Crippen LogP) is 3.56. The molecule has 1 amide bonds. The molecule has 1 atom stereocenters. The monoisotopic (exact) mass is 422 g/mol. The van der Waals surface area contributed by atoms with Crippen LogP contribution < -0.4 is 14.4 Å². The molecule has 3 aliphatic rings. The van der Waals surface area contributed by atoms with Crippen molar-refractivity contribution in [3.8, 4) is 11.5 Å². The van der Waals surface area contributed by atoms with Crippen molar-refractivity contribution in [2.24, 2.45) is 0 Å². The van der Waals surface area contributed by atoms with E-state index in [-0.39, 0.29) is 11.9 Å². The number of fused-ring (bicyclic) bond motifs is 2. The average Bonchev–Trinajstić information content (AvgIpc) is 3.37. The van der Waals surface area contributed by atoms with E-state index in [1.165, 1.54) is 0 Å². The van der Waals surface area contributed by atoms with E-state index < -0.39 is 0 Å². The van der Waals surface area contributed by atoms with Crippen LogP contribution in [0.1, 0.15) is 66.0 Å². The minimum Gasteiger partial charge on any atom is -0.486 e. The first-order valence-electron chi connectivity index (χ1n) is 11.4. The van der Waals surface area contributed by atoms with Crippen LogP contribution in [0.5, 0.6) is 11.5 Å². The Morgan fingerprint density at radius 2 is 1.77 bits per heavy atom. The minimum atomic E-state index is -0.118. The summed E-state index contributed by atoms with van der Waals surface area (Å²) in [5.41, 5.74) is 3.70. The van der Waals surface area contributed by atoms with Gasteiger partial charge in [0.15, 0.2) is 11.5 Å². The zero-order valence-electron chi connectivity index (χ0n) is 18.4. The van der Waals surface area contributed by atoms with Gasteiger partial charge in [-0.3, -0.25) is 4.79 Å². The molecule has 0 spiro atoms. The van der Waals surface area contributed by atoms with Crippen molar-refractivity contribution in [2.45, 2.75) is 51.5 Å². The summed E-state index contributed by atoms with van der Waals surface area (Å²) in [6, 6.07) is 5.80. The van der Waals surface area contributed by atoms with Crippen molar-refractivity contribution < 1.29 is 14.3 Å². The van der Waals surface area contributed by atoms with Gasteiger partial charge in [-0.15, -0.1) is 0 Å². The van der Waals surface area contributed by atoms with E-state index in [1.54, 1.807) is 4.90 Å². The zero-order chi connectivity index (χ0) is 21.4. The van der Waals surface area contributed by atoms with E-state index in [0.29, 0.717) is 18.9 Å². The quantitative estimate of drug-likeness (QED) is 0.751. The van der Waals surface area contributed by atoms with Crippen molar-refractivity contribution in [1.82, 2.24) is 14.9 Å². The van der Waals surface area contributed by atoms with E-state index in [4.69, 9.17) is 19.4 Å². The van der Waals surface area contributed by atoms with Gasteiger partial charge >= 0.3 is 0 Å². The van der Waals surface area contributed by atoms with Crippen LogP contribution in [-0.2, 0) is 12.8 Å². The molecule has 1 aliphatic carbocycles. The van der Waals surface area contributed by atoms with Crippen LogP contribution in [0.3, 0.4) is 0 Å². The summed E-state index contributed by atoms with van der Waals surface area (Å²) in [6.45, 7) is 5.09. The van der Waals surface area contributed by atoms with Gasteiger partial charge in [-0.1, -0.05) is 6.07 Å². The molecule has 2 aromatic rings. The van der Waals surface area contributed by atoms with Gasteiger partial charge in [-0.05, 0) is 63.1 Å². The van der Waals surface area contributed by atoms with Crippen LogP contribution in [0.25, 0.3) is 0 Å². The van der Waals surface area contributed by atoms with E-state index in [1.807, 2.05) is 32.2 Å². The second-order valence-corrected chi connectivity index (χ2v) is 8.69. The Morgan fingerprint density at radius 3 is 2.58 bits per heavy atom. The van der Waals surface area contributed by atoms with Crippen molar-refractivity contribution in [1.29, 1.82) is 0 Å². The number of hydrogen-bond donors (Lipinski definition) is 0. The maximum atomic E-state index is 13.6. The Balaban J connectivity index is 1.45. The number of aromatic nitrogens is 2. The number of carbonyl (C=O) groups is 1. The molecule has 2 aliphatic heterocycles. The lowest BCUT2D eigenvalue weighted by Gasteiger charge is -2.29. The average molecular weight is 423 g/mol. The number of amides is 1.